The summed E-state index contributed by atoms with van der Waals surface area (Å²) in [6, 6.07) is 23.5. The average Bonchev–Trinajstić information content (AvgIpc) is 3.43. The standard InChI is InChI=1S/C36H34FN5O6/c1-45-14-16-47-31-19-27-30(20-32(31)48-17-15-46-2)39-22-40-33(27)41-29-13-12-25(18-28(29)37)36(35(38)44,24-9-4-3-5-10-24)42-21-23-8-6-7-11-26(23)34(42)43/h3-13,18-20,22H,14-17,21H2,1-2H3,(H2,38,44)(H,39,40,41). The third-order valence-corrected chi connectivity index (χ3v) is 8.21. The van der Waals surface area contributed by atoms with Gasteiger partial charge in [-0.15, -0.1) is 0 Å². The summed E-state index contributed by atoms with van der Waals surface area (Å²) in [4.78, 5) is 37.6. The Labute approximate surface area is 276 Å². The largest absolute Gasteiger partial charge is 0.487 e. The Kier molecular flexibility index (Phi) is 9.46. The quantitative estimate of drug-likeness (QED) is 0.160. The fraction of sp³-hybridized carbons (Fsp3) is 0.222. The summed E-state index contributed by atoms with van der Waals surface area (Å²) in [5.74, 6) is -0.700. The van der Waals surface area contributed by atoms with Gasteiger partial charge in [-0.3, -0.25) is 9.59 Å². The summed E-state index contributed by atoms with van der Waals surface area (Å²) in [5, 5.41) is 3.60. The van der Waals surface area contributed by atoms with Crippen molar-refractivity contribution in [2.24, 2.45) is 5.73 Å². The van der Waals surface area contributed by atoms with Crippen LogP contribution in [0.3, 0.4) is 0 Å². The number of amides is 2. The van der Waals surface area contributed by atoms with Gasteiger partial charge >= 0.3 is 0 Å². The smallest absolute Gasteiger partial charge is 0.255 e. The molecular weight excluding hydrogens is 617 g/mol. The summed E-state index contributed by atoms with van der Waals surface area (Å²) in [6.07, 6.45) is 1.35. The highest BCUT2D eigenvalue weighted by Crippen LogP contribution is 2.43. The molecule has 0 saturated carbocycles. The number of halogens is 1. The number of methoxy groups -OCH3 is 2. The van der Waals surface area contributed by atoms with E-state index in [0.29, 0.717) is 59.2 Å². The molecule has 246 valence electrons. The van der Waals surface area contributed by atoms with E-state index >= 15 is 4.39 Å². The summed E-state index contributed by atoms with van der Waals surface area (Å²) in [6.45, 7) is 1.41. The van der Waals surface area contributed by atoms with Crippen LogP contribution in [0.2, 0.25) is 0 Å². The number of carbonyl (C=O) groups is 2. The summed E-state index contributed by atoms with van der Waals surface area (Å²) in [5.41, 5.74) is 6.82. The second-order valence-electron chi connectivity index (χ2n) is 11.0. The van der Waals surface area contributed by atoms with Crippen LogP contribution in [0.15, 0.2) is 91.3 Å². The number of nitrogens with one attached hydrogen (secondary N) is 1. The Hall–Kier alpha value is -5.59. The molecule has 0 aliphatic carbocycles. The maximum atomic E-state index is 16.2. The number of ether oxygens (including phenoxy) is 4. The number of benzene rings is 4. The number of nitrogens with two attached hydrogens (primary N) is 1. The Bertz CT molecular complexity index is 1960. The van der Waals surface area contributed by atoms with Crippen LogP contribution in [-0.2, 0) is 26.4 Å². The second-order valence-corrected chi connectivity index (χ2v) is 11.0. The van der Waals surface area contributed by atoms with Crippen LogP contribution >= 0.6 is 0 Å². The van der Waals surface area contributed by atoms with Gasteiger partial charge in [0, 0.05) is 37.8 Å². The van der Waals surface area contributed by atoms with Crippen LogP contribution in [0.5, 0.6) is 11.5 Å². The fourth-order valence-corrected chi connectivity index (χ4v) is 5.93. The zero-order valence-corrected chi connectivity index (χ0v) is 26.4. The molecule has 0 radical (unpaired) electrons. The molecular formula is C36H34FN5O6. The molecule has 0 bridgehead atoms. The molecule has 1 aromatic heterocycles. The SMILES string of the molecule is COCCOc1cc2ncnc(Nc3ccc(C(C(N)=O)(c4ccccc4)N4Cc5ccccc5C4=O)cc3F)c2cc1OCCOC. The lowest BCUT2D eigenvalue weighted by molar-refractivity contribution is -0.127. The summed E-state index contributed by atoms with van der Waals surface area (Å²) in [7, 11) is 3.15. The maximum Gasteiger partial charge on any atom is 0.255 e. The Balaban J connectivity index is 1.39. The van der Waals surface area contributed by atoms with Crippen molar-refractivity contribution in [2.45, 2.75) is 12.1 Å². The number of carbonyl (C=O) groups excluding carboxylic acids is 2. The molecule has 1 unspecified atom stereocenters. The molecule has 3 N–H and O–H groups in total. The van der Waals surface area contributed by atoms with E-state index in [4.69, 9.17) is 24.7 Å². The Morgan fingerprint density at radius 3 is 2.23 bits per heavy atom. The van der Waals surface area contributed by atoms with Gasteiger partial charge in [-0.25, -0.2) is 14.4 Å². The number of hydrogen-bond donors (Lipinski definition) is 2. The van der Waals surface area contributed by atoms with Crippen LogP contribution in [0.4, 0.5) is 15.9 Å². The molecule has 0 saturated heterocycles. The van der Waals surface area contributed by atoms with Crippen LogP contribution in [0, 0.1) is 5.82 Å². The van der Waals surface area contributed by atoms with E-state index in [1.165, 1.54) is 23.4 Å². The second kappa shape index (κ2) is 14.0. The number of rotatable bonds is 14. The molecule has 11 nitrogen and oxygen atoms in total. The first-order valence-electron chi connectivity index (χ1n) is 15.2. The van der Waals surface area contributed by atoms with Crippen LogP contribution in [0.1, 0.15) is 27.0 Å². The summed E-state index contributed by atoms with van der Waals surface area (Å²) >= 11 is 0. The highest BCUT2D eigenvalue weighted by Gasteiger charge is 2.51. The van der Waals surface area contributed by atoms with Gasteiger partial charge in [-0.05, 0) is 41.0 Å². The number of nitrogens with zero attached hydrogens (tertiary/aromatic N) is 3. The Morgan fingerprint density at radius 1 is 0.875 bits per heavy atom. The zero-order chi connectivity index (χ0) is 33.7. The Morgan fingerprint density at radius 2 is 1.56 bits per heavy atom. The lowest BCUT2D eigenvalue weighted by atomic mass is 9.80. The third kappa shape index (κ3) is 5.98. The van der Waals surface area contributed by atoms with Crippen LogP contribution in [0.25, 0.3) is 10.9 Å². The minimum Gasteiger partial charge on any atom is -0.487 e. The van der Waals surface area contributed by atoms with Gasteiger partial charge in [0.25, 0.3) is 11.8 Å². The van der Waals surface area contributed by atoms with E-state index in [1.54, 1.807) is 74.9 Å². The lowest BCUT2D eigenvalue weighted by Crippen LogP contribution is -2.56. The lowest BCUT2D eigenvalue weighted by Gasteiger charge is -2.40. The van der Waals surface area contributed by atoms with E-state index < -0.39 is 17.3 Å². The third-order valence-electron chi connectivity index (χ3n) is 8.21. The van der Waals surface area contributed by atoms with Crippen LogP contribution in [-0.4, -0.2) is 67.3 Å². The minimum atomic E-state index is -1.80. The van der Waals surface area contributed by atoms with Gasteiger partial charge in [0.15, 0.2) is 17.0 Å². The minimum absolute atomic E-state index is 0.0727. The molecule has 12 heteroatoms. The van der Waals surface area contributed by atoms with E-state index in [9.17, 15) is 9.59 Å². The molecule has 48 heavy (non-hydrogen) atoms. The molecule has 5 aromatic rings. The maximum absolute atomic E-state index is 16.2. The molecule has 1 atom stereocenters. The van der Waals surface area contributed by atoms with Crippen molar-refractivity contribution in [1.29, 1.82) is 0 Å². The fourth-order valence-electron chi connectivity index (χ4n) is 5.93. The van der Waals surface area contributed by atoms with Crippen molar-refractivity contribution in [3.05, 3.63) is 119 Å². The number of fused-ring (bicyclic) bond motifs is 2. The number of primary amides is 1. The first kappa shape index (κ1) is 32.4. The molecule has 4 aromatic carbocycles. The molecule has 0 fully saturated rings. The zero-order valence-electron chi connectivity index (χ0n) is 26.4. The number of aromatic nitrogens is 2. The highest BCUT2D eigenvalue weighted by molar-refractivity contribution is 6.04. The van der Waals surface area contributed by atoms with Crippen molar-refractivity contribution >= 4 is 34.2 Å². The number of anilines is 2. The molecule has 2 amide bonds. The normalized spacial score (nSPS) is 13.6. The molecule has 0 spiro atoms. The van der Waals surface area contributed by atoms with E-state index in [2.05, 4.69) is 15.3 Å². The van der Waals surface area contributed by atoms with Crippen molar-refractivity contribution in [1.82, 2.24) is 14.9 Å². The van der Waals surface area contributed by atoms with E-state index in [1.807, 2.05) is 12.1 Å². The summed E-state index contributed by atoms with van der Waals surface area (Å²) < 4.78 is 38.2. The predicted octanol–water partition coefficient (Wildman–Crippen LogP) is 4.95. The van der Waals surface area contributed by atoms with Crippen molar-refractivity contribution < 1.29 is 32.9 Å². The predicted molar refractivity (Wildman–Crippen MR) is 177 cm³/mol. The van der Waals surface area contributed by atoms with Gasteiger partial charge in [0.1, 0.15) is 31.2 Å². The first-order chi connectivity index (χ1) is 23.4. The molecule has 6 rings (SSSR count). The van der Waals surface area contributed by atoms with E-state index in [0.717, 1.165) is 5.56 Å². The topological polar surface area (TPSA) is 138 Å². The first-order valence-corrected chi connectivity index (χ1v) is 15.2. The van der Waals surface area contributed by atoms with Gasteiger partial charge in [-0.2, -0.15) is 0 Å². The van der Waals surface area contributed by atoms with Gasteiger partial charge in [0.05, 0.1) is 24.4 Å². The van der Waals surface area contributed by atoms with Crippen LogP contribution < -0.4 is 20.5 Å². The average molecular weight is 652 g/mol. The van der Waals surface area contributed by atoms with Crippen molar-refractivity contribution in [3.63, 3.8) is 0 Å². The monoisotopic (exact) mass is 651 g/mol. The van der Waals surface area contributed by atoms with Crippen molar-refractivity contribution in [3.8, 4) is 11.5 Å². The molecule has 2 heterocycles. The molecule has 1 aliphatic rings. The highest BCUT2D eigenvalue weighted by atomic mass is 19.1. The molecule has 1 aliphatic heterocycles. The van der Waals surface area contributed by atoms with Gasteiger partial charge < -0.3 is 34.9 Å². The van der Waals surface area contributed by atoms with Gasteiger partial charge in [-0.1, -0.05) is 54.6 Å². The van der Waals surface area contributed by atoms with Gasteiger partial charge in [0.2, 0.25) is 0 Å². The van der Waals surface area contributed by atoms with Crippen molar-refractivity contribution in [2.75, 3.05) is 46.0 Å². The number of hydrogen-bond acceptors (Lipinski definition) is 9. The van der Waals surface area contributed by atoms with E-state index in [-0.39, 0.29) is 30.3 Å².